The van der Waals surface area contributed by atoms with Crippen LogP contribution in [0.4, 0.5) is 0 Å². The van der Waals surface area contributed by atoms with E-state index in [1.807, 2.05) is 6.20 Å². The monoisotopic (exact) mass is 228 g/mol. The molecule has 1 aromatic carbocycles. The predicted molar refractivity (Wildman–Crippen MR) is 71.9 cm³/mol. The van der Waals surface area contributed by atoms with Gasteiger partial charge in [0.15, 0.2) is 0 Å². The summed E-state index contributed by atoms with van der Waals surface area (Å²) in [6, 6.07) is 9.43. The Morgan fingerprint density at radius 2 is 2.24 bits per heavy atom. The van der Waals surface area contributed by atoms with E-state index in [1.165, 1.54) is 35.7 Å². The predicted octanol–water partition coefficient (Wildman–Crippen LogP) is 3.45. The van der Waals surface area contributed by atoms with Gasteiger partial charge in [0.1, 0.15) is 0 Å². The second-order valence-electron chi connectivity index (χ2n) is 5.26. The molecule has 1 atom stereocenters. The number of H-pyrrole nitrogens is 1. The fraction of sp³-hybridized carbons (Fsp3) is 0.467. The topological polar surface area (TPSA) is 27.8 Å². The zero-order valence-electron chi connectivity index (χ0n) is 10.4. The van der Waals surface area contributed by atoms with Crippen molar-refractivity contribution in [2.75, 3.05) is 0 Å². The minimum Gasteiger partial charge on any atom is -0.361 e. The molecule has 1 aliphatic rings. The summed E-state index contributed by atoms with van der Waals surface area (Å²) in [6.45, 7) is 3.30. The van der Waals surface area contributed by atoms with Crippen molar-refractivity contribution in [3.05, 3.63) is 36.0 Å². The molecule has 1 aromatic heterocycles. The molecule has 1 fully saturated rings. The second-order valence-corrected chi connectivity index (χ2v) is 5.26. The van der Waals surface area contributed by atoms with Crippen molar-refractivity contribution in [3.63, 3.8) is 0 Å². The maximum absolute atomic E-state index is 3.64. The van der Waals surface area contributed by atoms with Crippen LogP contribution in [0.5, 0.6) is 0 Å². The summed E-state index contributed by atoms with van der Waals surface area (Å²) in [6.07, 6.45) is 6.23. The molecule has 2 heteroatoms. The first-order valence-corrected chi connectivity index (χ1v) is 6.62. The molecule has 1 unspecified atom stereocenters. The van der Waals surface area contributed by atoms with Crippen LogP contribution < -0.4 is 5.32 Å². The highest BCUT2D eigenvalue weighted by molar-refractivity contribution is 5.79. The largest absolute Gasteiger partial charge is 0.361 e. The van der Waals surface area contributed by atoms with Crippen LogP contribution in [0.2, 0.25) is 0 Å². The van der Waals surface area contributed by atoms with E-state index in [9.17, 15) is 0 Å². The number of aromatic nitrogens is 1. The first-order chi connectivity index (χ1) is 8.33. The molecular weight excluding hydrogens is 208 g/mol. The first-order valence-electron chi connectivity index (χ1n) is 6.62. The summed E-state index contributed by atoms with van der Waals surface area (Å²) < 4.78 is 0. The SMILES string of the molecule is CC(NCc1ccc2cc[nH]c2c1)C1CCC1. The molecule has 1 heterocycles. The van der Waals surface area contributed by atoms with Crippen LogP contribution in [0.3, 0.4) is 0 Å². The highest BCUT2D eigenvalue weighted by Crippen LogP contribution is 2.29. The maximum atomic E-state index is 3.64. The summed E-state index contributed by atoms with van der Waals surface area (Å²) in [5.74, 6) is 0.907. The van der Waals surface area contributed by atoms with Gasteiger partial charge >= 0.3 is 0 Å². The molecule has 0 radical (unpaired) electrons. The van der Waals surface area contributed by atoms with Crippen molar-refractivity contribution in [2.45, 2.75) is 38.8 Å². The zero-order valence-corrected chi connectivity index (χ0v) is 10.4. The van der Waals surface area contributed by atoms with Gasteiger partial charge in [0, 0.05) is 24.3 Å². The number of hydrogen-bond acceptors (Lipinski definition) is 1. The Hall–Kier alpha value is -1.28. The number of rotatable bonds is 4. The Balaban J connectivity index is 1.63. The van der Waals surface area contributed by atoms with Crippen molar-refractivity contribution in [1.29, 1.82) is 0 Å². The van der Waals surface area contributed by atoms with Crippen LogP contribution in [0, 0.1) is 5.92 Å². The van der Waals surface area contributed by atoms with Crippen LogP contribution in [0.15, 0.2) is 30.5 Å². The van der Waals surface area contributed by atoms with Gasteiger partial charge in [-0.1, -0.05) is 18.6 Å². The molecule has 2 N–H and O–H groups in total. The summed E-state index contributed by atoms with van der Waals surface area (Å²) in [5, 5.41) is 4.94. The van der Waals surface area contributed by atoms with E-state index in [1.54, 1.807) is 0 Å². The number of fused-ring (bicyclic) bond motifs is 1. The molecule has 90 valence electrons. The summed E-state index contributed by atoms with van der Waals surface area (Å²) in [5.41, 5.74) is 2.60. The van der Waals surface area contributed by atoms with Crippen molar-refractivity contribution in [3.8, 4) is 0 Å². The smallest absolute Gasteiger partial charge is 0.0457 e. The lowest BCUT2D eigenvalue weighted by Gasteiger charge is -2.32. The summed E-state index contributed by atoms with van der Waals surface area (Å²) in [7, 11) is 0. The molecule has 0 amide bonds. The third kappa shape index (κ3) is 2.22. The van der Waals surface area contributed by atoms with Crippen molar-refractivity contribution in [2.24, 2.45) is 5.92 Å². The standard InChI is InChI=1S/C15H20N2/c1-11(13-3-2-4-13)17-10-12-5-6-14-7-8-16-15(14)9-12/h5-9,11,13,16-17H,2-4,10H2,1H3. The van der Waals surface area contributed by atoms with Crippen LogP contribution in [0.25, 0.3) is 10.9 Å². The van der Waals surface area contributed by atoms with Gasteiger partial charge in [-0.05, 0) is 48.8 Å². The third-order valence-corrected chi connectivity index (χ3v) is 4.10. The highest BCUT2D eigenvalue weighted by Gasteiger charge is 2.23. The number of aromatic amines is 1. The van der Waals surface area contributed by atoms with E-state index in [4.69, 9.17) is 0 Å². The summed E-state index contributed by atoms with van der Waals surface area (Å²) >= 11 is 0. The molecule has 2 nitrogen and oxygen atoms in total. The molecule has 1 saturated carbocycles. The Bertz CT molecular complexity index is 496. The maximum Gasteiger partial charge on any atom is 0.0457 e. The minimum absolute atomic E-state index is 0.656. The fourth-order valence-electron chi connectivity index (χ4n) is 2.59. The zero-order chi connectivity index (χ0) is 11.7. The molecule has 3 rings (SSSR count). The lowest BCUT2D eigenvalue weighted by molar-refractivity contribution is 0.240. The lowest BCUT2D eigenvalue weighted by atomic mass is 9.80. The Kier molecular flexibility index (Phi) is 2.89. The van der Waals surface area contributed by atoms with Crippen molar-refractivity contribution < 1.29 is 0 Å². The third-order valence-electron chi connectivity index (χ3n) is 4.10. The molecule has 2 aromatic rings. The number of benzene rings is 1. The molecule has 0 spiro atoms. The van der Waals surface area contributed by atoms with Gasteiger partial charge in [-0.3, -0.25) is 0 Å². The van der Waals surface area contributed by atoms with Crippen LogP contribution in [-0.2, 0) is 6.54 Å². The Labute approximate surface area is 102 Å². The van der Waals surface area contributed by atoms with E-state index in [2.05, 4.69) is 41.5 Å². The second kappa shape index (κ2) is 4.53. The van der Waals surface area contributed by atoms with E-state index in [0.717, 1.165) is 12.5 Å². The fourth-order valence-corrected chi connectivity index (χ4v) is 2.59. The van der Waals surface area contributed by atoms with Crippen molar-refractivity contribution >= 4 is 10.9 Å². The number of hydrogen-bond donors (Lipinski definition) is 2. The molecule has 0 aliphatic heterocycles. The van der Waals surface area contributed by atoms with Gasteiger partial charge in [-0.25, -0.2) is 0 Å². The Morgan fingerprint density at radius 1 is 1.35 bits per heavy atom. The Morgan fingerprint density at radius 3 is 3.00 bits per heavy atom. The molecule has 0 bridgehead atoms. The average Bonchev–Trinajstić information content (AvgIpc) is 2.71. The van der Waals surface area contributed by atoms with E-state index >= 15 is 0 Å². The average molecular weight is 228 g/mol. The van der Waals surface area contributed by atoms with E-state index in [0.29, 0.717) is 6.04 Å². The molecular formula is C15H20N2. The van der Waals surface area contributed by atoms with Gasteiger partial charge in [0.2, 0.25) is 0 Å². The summed E-state index contributed by atoms with van der Waals surface area (Å²) in [4.78, 5) is 3.26. The van der Waals surface area contributed by atoms with Crippen LogP contribution in [-0.4, -0.2) is 11.0 Å². The van der Waals surface area contributed by atoms with Gasteiger partial charge in [0.05, 0.1) is 0 Å². The van der Waals surface area contributed by atoms with Crippen LogP contribution in [0.1, 0.15) is 31.7 Å². The van der Waals surface area contributed by atoms with Crippen molar-refractivity contribution in [1.82, 2.24) is 10.3 Å². The quantitative estimate of drug-likeness (QED) is 0.824. The number of nitrogens with one attached hydrogen (secondary N) is 2. The molecule has 1 aliphatic carbocycles. The van der Waals surface area contributed by atoms with Gasteiger partial charge in [-0.2, -0.15) is 0 Å². The molecule has 17 heavy (non-hydrogen) atoms. The van der Waals surface area contributed by atoms with Crippen LogP contribution >= 0.6 is 0 Å². The molecule has 0 saturated heterocycles. The van der Waals surface area contributed by atoms with E-state index < -0.39 is 0 Å². The van der Waals surface area contributed by atoms with Gasteiger partial charge in [-0.15, -0.1) is 0 Å². The van der Waals surface area contributed by atoms with E-state index in [-0.39, 0.29) is 0 Å². The lowest BCUT2D eigenvalue weighted by Crippen LogP contribution is -2.36. The van der Waals surface area contributed by atoms with Gasteiger partial charge in [0.25, 0.3) is 0 Å². The van der Waals surface area contributed by atoms with Gasteiger partial charge < -0.3 is 10.3 Å². The minimum atomic E-state index is 0.656. The highest BCUT2D eigenvalue weighted by atomic mass is 14.9. The normalized spacial score (nSPS) is 18.2. The first kappa shape index (κ1) is 10.8.